The molecule has 0 saturated heterocycles. The van der Waals surface area contributed by atoms with Gasteiger partial charge in [0.25, 0.3) is 0 Å². The molecule has 0 heterocycles. The van der Waals surface area contributed by atoms with Crippen LogP contribution in [0.1, 0.15) is 37.8 Å². The zero-order valence-electron chi connectivity index (χ0n) is 12.0. The Hall–Kier alpha value is -1.70. The number of phenols is 1. The summed E-state index contributed by atoms with van der Waals surface area (Å²) in [7, 11) is 1.69. The number of fused-ring (bicyclic) bond motifs is 1. The predicted octanol–water partition coefficient (Wildman–Crippen LogP) is 4.17. The van der Waals surface area contributed by atoms with Gasteiger partial charge in [0.15, 0.2) is 0 Å². The molecule has 1 aromatic carbocycles. The third-order valence-electron chi connectivity index (χ3n) is 3.73. The molecule has 0 radical (unpaired) electrons. The summed E-state index contributed by atoms with van der Waals surface area (Å²) >= 11 is 0. The highest BCUT2D eigenvalue weighted by Crippen LogP contribution is 2.33. The van der Waals surface area contributed by atoms with E-state index in [4.69, 9.17) is 4.74 Å². The number of allylic oxidation sites excluding steroid dienone is 4. The van der Waals surface area contributed by atoms with Crippen molar-refractivity contribution in [2.75, 3.05) is 7.11 Å². The largest absolute Gasteiger partial charge is 0.508 e. The number of hydrogen-bond acceptors (Lipinski definition) is 2. The molecule has 0 saturated carbocycles. The maximum atomic E-state index is 10.1. The highest BCUT2D eigenvalue weighted by atomic mass is 16.5. The van der Waals surface area contributed by atoms with Crippen LogP contribution in [-0.4, -0.2) is 12.2 Å². The zero-order chi connectivity index (χ0) is 13.8. The van der Waals surface area contributed by atoms with Crippen molar-refractivity contribution in [3.8, 4) is 11.5 Å². The van der Waals surface area contributed by atoms with Gasteiger partial charge in [-0.1, -0.05) is 23.3 Å². The van der Waals surface area contributed by atoms with Crippen LogP contribution in [-0.2, 0) is 12.8 Å². The van der Waals surface area contributed by atoms with Crippen molar-refractivity contribution in [3.63, 3.8) is 0 Å². The van der Waals surface area contributed by atoms with Gasteiger partial charge >= 0.3 is 0 Å². The molecule has 19 heavy (non-hydrogen) atoms. The van der Waals surface area contributed by atoms with E-state index >= 15 is 0 Å². The fourth-order valence-electron chi connectivity index (χ4n) is 2.55. The first-order valence-electron chi connectivity index (χ1n) is 6.80. The Labute approximate surface area is 115 Å². The molecule has 2 heteroatoms. The Bertz CT molecular complexity index is 524. The van der Waals surface area contributed by atoms with Crippen molar-refractivity contribution in [2.45, 2.75) is 39.5 Å². The molecule has 0 atom stereocenters. The molecule has 1 aliphatic rings. The maximum absolute atomic E-state index is 10.1. The summed E-state index contributed by atoms with van der Waals surface area (Å²) in [5, 5.41) is 10.1. The van der Waals surface area contributed by atoms with E-state index in [1.165, 1.54) is 11.1 Å². The highest BCUT2D eigenvalue weighted by molar-refractivity contribution is 5.50. The minimum atomic E-state index is 0.371. The molecule has 2 rings (SSSR count). The van der Waals surface area contributed by atoms with Crippen molar-refractivity contribution in [2.24, 2.45) is 0 Å². The summed E-state index contributed by atoms with van der Waals surface area (Å²) in [5.41, 5.74) is 4.80. The van der Waals surface area contributed by atoms with Crippen molar-refractivity contribution < 1.29 is 9.84 Å². The van der Waals surface area contributed by atoms with Crippen LogP contribution in [0.5, 0.6) is 11.5 Å². The molecule has 1 aliphatic carbocycles. The van der Waals surface area contributed by atoms with Gasteiger partial charge in [0.2, 0.25) is 0 Å². The molecule has 1 N–H and O–H groups in total. The third-order valence-corrected chi connectivity index (χ3v) is 3.73. The van der Waals surface area contributed by atoms with Gasteiger partial charge in [-0.2, -0.15) is 0 Å². The molecule has 1 aromatic rings. The normalized spacial score (nSPS) is 21.6. The first-order chi connectivity index (χ1) is 9.11. The Morgan fingerprint density at radius 3 is 2.58 bits per heavy atom. The molecule has 0 bridgehead atoms. The minimum absolute atomic E-state index is 0.371. The van der Waals surface area contributed by atoms with Crippen molar-refractivity contribution in [1.82, 2.24) is 0 Å². The standard InChI is InChI=1S/C17H22O2/c1-12-5-4-6-13(2)11-15-14(8-7-12)17(19-3)10-9-16(15)18/h6-7,9-10,18H,4-5,8,11H2,1-3H3/b12-7-,13-6-. The van der Waals surface area contributed by atoms with Crippen LogP contribution in [0, 0.1) is 0 Å². The van der Waals surface area contributed by atoms with E-state index in [0.29, 0.717) is 5.75 Å². The van der Waals surface area contributed by atoms with E-state index < -0.39 is 0 Å². The first kappa shape index (κ1) is 13.7. The number of aromatic hydroxyl groups is 1. The number of hydrogen-bond donors (Lipinski definition) is 1. The Morgan fingerprint density at radius 1 is 1.05 bits per heavy atom. The fraction of sp³-hybridized carbons (Fsp3) is 0.412. The van der Waals surface area contributed by atoms with E-state index in [1.807, 2.05) is 6.07 Å². The zero-order valence-corrected chi connectivity index (χ0v) is 12.0. The predicted molar refractivity (Wildman–Crippen MR) is 78.8 cm³/mol. The van der Waals surface area contributed by atoms with Crippen LogP contribution in [0.25, 0.3) is 0 Å². The third kappa shape index (κ3) is 3.19. The van der Waals surface area contributed by atoms with Crippen LogP contribution in [0.15, 0.2) is 35.4 Å². The Morgan fingerprint density at radius 2 is 1.84 bits per heavy atom. The van der Waals surface area contributed by atoms with Crippen LogP contribution in [0.2, 0.25) is 0 Å². The summed E-state index contributed by atoms with van der Waals surface area (Å²) < 4.78 is 5.45. The lowest BCUT2D eigenvalue weighted by Crippen LogP contribution is -2.01. The number of ether oxygens (including phenoxy) is 1. The molecule has 2 nitrogen and oxygen atoms in total. The molecule has 102 valence electrons. The first-order valence-corrected chi connectivity index (χ1v) is 6.80. The van der Waals surface area contributed by atoms with Crippen molar-refractivity contribution in [1.29, 1.82) is 0 Å². The number of rotatable bonds is 1. The summed E-state index contributed by atoms with van der Waals surface area (Å²) in [4.78, 5) is 0. The number of phenolic OH excluding ortho intramolecular Hbond substituents is 1. The van der Waals surface area contributed by atoms with Gasteiger partial charge in [-0.25, -0.2) is 0 Å². The van der Waals surface area contributed by atoms with E-state index in [1.54, 1.807) is 13.2 Å². The second-order valence-corrected chi connectivity index (χ2v) is 5.26. The second-order valence-electron chi connectivity index (χ2n) is 5.26. The molecule has 0 amide bonds. The average Bonchev–Trinajstić information content (AvgIpc) is 2.39. The summed E-state index contributed by atoms with van der Waals surface area (Å²) in [6.07, 6.45) is 8.32. The van der Waals surface area contributed by atoms with Gasteiger partial charge in [0, 0.05) is 11.1 Å². The summed E-state index contributed by atoms with van der Waals surface area (Å²) in [6, 6.07) is 3.58. The summed E-state index contributed by atoms with van der Waals surface area (Å²) in [5.74, 6) is 1.24. The lowest BCUT2D eigenvalue weighted by Gasteiger charge is -2.16. The number of benzene rings is 1. The maximum Gasteiger partial charge on any atom is 0.122 e. The quantitative estimate of drug-likeness (QED) is 0.766. The lowest BCUT2D eigenvalue weighted by atomic mass is 9.93. The van der Waals surface area contributed by atoms with Crippen LogP contribution in [0.3, 0.4) is 0 Å². The van der Waals surface area contributed by atoms with E-state index in [9.17, 15) is 5.11 Å². The smallest absolute Gasteiger partial charge is 0.122 e. The molecular formula is C17H22O2. The monoisotopic (exact) mass is 258 g/mol. The number of methoxy groups -OCH3 is 1. The summed E-state index contributed by atoms with van der Waals surface area (Å²) in [6.45, 7) is 4.29. The second kappa shape index (κ2) is 5.96. The van der Waals surface area contributed by atoms with Gasteiger partial charge in [-0.05, 0) is 51.7 Å². The van der Waals surface area contributed by atoms with Crippen LogP contribution < -0.4 is 4.74 Å². The van der Waals surface area contributed by atoms with Gasteiger partial charge in [0.1, 0.15) is 11.5 Å². The lowest BCUT2D eigenvalue weighted by molar-refractivity contribution is 0.406. The molecule has 0 unspecified atom stereocenters. The highest BCUT2D eigenvalue weighted by Gasteiger charge is 2.14. The molecule has 0 fully saturated rings. The van der Waals surface area contributed by atoms with Crippen molar-refractivity contribution in [3.05, 3.63) is 46.6 Å². The Balaban J connectivity index is 2.53. The van der Waals surface area contributed by atoms with Crippen LogP contribution in [0.4, 0.5) is 0 Å². The van der Waals surface area contributed by atoms with Gasteiger partial charge < -0.3 is 9.84 Å². The van der Waals surface area contributed by atoms with E-state index in [-0.39, 0.29) is 0 Å². The van der Waals surface area contributed by atoms with Gasteiger partial charge in [-0.3, -0.25) is 0 Å². The van der Waals surface area contributed by atoms with Crippen molar-refractivity contribution >= 4 is 0 Å². The van der Waals surface area contributed by atoms with Gasteiger partial charge in [-0.15, -0.1) is 0 Å². The topological polar surface area (TPSA) is 29.5 Å². The van der Waals surface area contributed by atoms with E-state index in [2.05, 4.69) is 26.0 Å². The molecule has 0 aromatic heterocycles. The molecule has 0 spiro atoms. The SMILES string of the molecule is COc1ccc(O)c2c1C/C=C(/C)CC/C=C(/C)C2. The Kier molecular flexibility index (Phi) is 4.31. The van der Waals surface area contributed by atoms with Gasteiger partial charge in [0.05, 0.1) is 7.11 Å². The van der Waals surface area contributed by atoms with E-state index in [0.717, 1.165) is 42.6 Å². The molecular weight excluding hydrogens is 236 g/mol. The average molecular weight is 258 g/mol. The molecule has 0 aliphatic heterocycles. The fourth-order valence-corrected chi connectivity index (χ4v) is 2.55. The minimum Gasteiger partial charge on any atom is -0.508 e. The van der Waals surface area contributed by atoms with Crippen LogP contribution >= 0.6 is 0 Å².